The van der Waals surface area contributed by atoms with Gasteiger partial charge in [0.2, 0.25) is 0 Å². The molecular weight excluding hydrogens is 632 g/mol. The molecule has 1 heterocycles. The van der Waals surface area contributed by atoms with Crippen LogP contribution in [0.25, 0.3) is 0 Å². The van der Waals surface area contributed by atoms with Crippen molar-refractivity contribution in [2.75, 3.05) is 27.9 Å². The Morgan fingerprint density at radius 1 is 0.980 bits per heavy atom. The van der Waals surface area contributed by atoms with Crippen molar-refractivity contribution < 1.29 is 52.3 Å². The summed E-state index contributed by atoms with van der Waals surface area (Å²) in [6.45, 7) is 9.37. The second kappa shape index (κ2) is 16.4. The fourth-order valence-electron chi connectivity index (χ4n) is 9.64. The van der Waals surface area contributed by atoms with E-state index in [1.165, 1.54) is 6.92 Å². The summed E-state index contributed by atoms with van der Waals surface area (Å²) in [5, 5.41) is 0. The molecule has 4 fully saturated rings. The Bertz CT molecular complexity index is 1230. The summed E-state index contributed by atoms with van der Waals surface area (Å²) < 4.78 is 41.5. The first-order valence-corrected chi connectivity index (χ1v) is 18.4. The molecule has 0 bridgehead atoms. The van der Waals surface area contributed by atoms with E-state index < -0.39 is 30.4 Å². The molecule has 276 valence electrons. The highest BCUT2D eigenvalue weighted by atomic mass is 16.7. The molecule has 11 nitrogen and oxygen atoms in total. The van der Waals surface area contributed by atoms with E-state index in [1.54, 1.807) is 21.3 Å². The molecule has 0 N–H and O–H groups in total. The lowest BCUT2D eigenvalue weighted by molar-refractivity contribution is -0.255. The van der Waals surface area contributed by atoms with Crippen LogP contribution in [-0.4, -0.2) is 94.4 Å². The first kappa shape index (κ1) is 38.1. The lowest BCUT2D eigenvalue weighted by Crippen LogP contribution is -2.55. The highest BCUT2D eigenvalue weighted by Gasteiger charge is 2.64. The number of methoxy groups -OCH3 is 3. The van der Waals surface area contributed by atoms with Crippen LogP contribution >= 0.6 is 0 Å². The lowest BCUT2D eigenvalue weighted by atomic mass is 9.49. The molecule has 11 heteroatoms. The van der Waals surface area contributed by atoms with Crippen LogP contribution in [0.3, 0.4) is 0 Å². The Balaban J connectivity index is 1.45. The van der Waals surface area contributed by atoms with Gasteiger partial charge in [-0.2, -0.15) is 0 Å². The Hall–Kier alpha value is -2.18. The molecule has 1 aliphatic heterocycles. The van der Waals surface area contributed by atoms with Crippen molar-refractivity contribution in [1.29, 1.82) is 0 Å². The molecule has 5 aliphatic rings. The predicted octanol–water partition coefficient (Wildman–Crippen LogP) is 4.87. The number of esters is 2. The summed E-state index contributed by atoms with van der Waals surface area (Å²) >= 11 is 0. The molecule has 0 spiro atoms. The van der Waals surface area contributed by atoms with Crippen molar-refractivity contribution in [1.82, 2.24) is 0 Å². The van der Waals surface area contributed by atoms with E-state index in [1.807, 2.05) is 27.7 Å². The highest BCUT2D eigenvalue weighted by molar-refractivity contribution is 5.99. The van der Waals surface area contributed by atoms with Crippen molar-refractivity contribution in [3.63, 3.8) is 0 Å². The van der Waals surface area contributed by atoms with Crippen LogP contribution in [0.2, 0.25) is 0 Å². The lowest BCUT2D eigenvalue weighted by Gasteiger charge is -2.54. The van der Waals surface area contributed by atoms with Gasteiger partial charge in [-0.3, -0.25) is 19.2 Å². The Labute approximate surface area is 291 Å². The number of carbonyl (C=O) groups excluding carboxylic acids is 4. The van der Waals surface area contributed by atoms with E-state index in [0.717, 1.165) is 0 Å². The zero-order chi connectivity index (χ0) is 35.6. The maximum absolute atomic E-state index is 14.4. The zero-order valence-electron chi connectivity index (χ0n) is 30.6. The first-order valence-electron chi connectivity index (χ1n) is 18.4. The molecule has 0 amide bonds. The third kappa shape index (κ3) is 8.01. The molecule has 0 aromatic rings. The number of allylic oxidation sites excluding steroid dienone is 2. The van der Waals surface area contributed by atoms with Crippen LogP contribution in [0.15, 0.2) is 11.6 Å². The van der Waals surface area contributed by atoms with E-state index in [2.05, 4.69) is 6.08 Å². The number of carbonyl (C=O) groups is 4. The van der Waals surface area contributed by atoms with Gasteiger partial charge in [0.05, 0.1) is 37.3 Å². The third-order valence-electron chi connectivity index (χ3n) is 12.4. The second-order valence-corrected chi connectivity index (χ2v) is 15.1. The Morgan fingerprint density at radius 2 is 1.71 bits per heavy atom. The van der Waals surface area contributed by atoms with Crippen molar-refractivity contribution in [3.8, 4) is 0 Å². The topological polar surface area (TPSA) is 133 Å². The number of ketones is 2. The molecule has 49 heavy (non-hydrogen) atoms. The third-order valence-corrected chi connectivity index (χ3v) is 12.4. The minimum Gasteiger partial charge on any atom is -0.462 e. The zero-order valence-corrected chi connectivity index (χ0v) is 30.6. The SMILES string of the molecule is CC[C@H]1CCC[C@H](OC(C)=O)[C@@H](C)C(=O)C2=C[C@@H]3[C@@H]([C@H]4CC(=O)[C@H]4C4C[C@@H](OC(OC(C)[C@@H](C)OC)[C@H](COC)OC)C[C@H]43)[C@@H]2CC(=O)O1. The van der Waals surface area contributed by atoms with Gasteiger partial charge in [0.25, 0.3) is 0 Å². The molecule has 3 unspecified atom stereocenters. The summed E-state index contributed by atoms with van der Waals surface area (Å²) in [5.41, 5.74) is 0.636. The number of fused-ring (bicyclic) bond motifs is 8. The van der Waals surface area contributed by atoms with Gasteiger partial charge in [0, 0.05) is 46.5 Å². The molecule has 0 radical (unpaired) electrons. The van der Waals surface area contributed by atoms with Crippen LogP contribution in [0, 0.1) is 47.3 Å². The maximum Gasteiger partial charge on any atom is 0.306 e. The predicted molar refractivity (Wildman–Crippen MR) is 178 cm³/mol. The smallest absolute Gasteiger partial charge is 0.306 e. The summed E-state index contributed by atoms with van der Waals surface area (Å²) in [4.78, 5) is 53.3. The Morgan fingerprint density at radius 3 is 2.35 bits per heavy atom. The van der Waals surface area contributed by atoms with E-state index in [9.17, 15) is 19.2 Å². The highest BCUT2D eigenvalue weighted by Crippen LogP contribution is 2.64. The van der Waals surface area contributed by atoms with Gasteiger partial charge in [0.15, 0.2) is 12.1 Å². The van der Waals surface area contributed by atoms with Crippen LogP contribution in [0.4, 0.5) is 0 Å². The van der Waals surface area contributed by atoms with Gasteiger partial charge in [-0.25, -0.2) is 0 Å². The first-order chi connectivity index (χ1) is 23.4. The van der Waals surface area contributed by atoms with Crippen molar-refractivity contribution in [2.45, 2.75) is 129 Å². The second-order valence-electron chi connectivity index (χ2n) is 15.1. The van der Waals surface area contributed by atoms with Gasteiger partial charge in [-0.15, -0.1) is 0 Å². The average molecular weight is 691 g/mol. The van der Waals surface area contributed by atoms with Gasteiger partial charge in [-0.1, -0.05) is 19.9 Å². The van der Waals surface area contributed by atoms with Crippen LogP contribution < -0.4 is 0 Å². The molecule has 3 saturated carbocycles. The maximum atomic E-state index is 14.4. The van der Waals surface area contributed by atoms with E-state index in [4.69, 9.17) is 33.2 Å². The Kier molecular flexibility index (Phi) is 12.8. The minimum atomic E-state index is -0.717. The van der Waals surface area contributed by atoms with Gasteiger partial charge >= 0.3 is 11.9 Å². The number of rotatable bonds is 12. The molecular formula is C38H58O11. The largest absolute Gasteiger partial charge is 0.462 e. The summed E-state index contributed by atoms with van der Waals surface area (Å²) in [7, 11) is 4.85. The molecule has 0 aromatic carbocycles. The summed E-state index contributed by atoms with van der Waals surface area (Å²) in [6.07, 6.45) is 3.97. The monoisotopic (exact) mass is 690 g/mol. The fourth-order valence-corrected chi connectivity index (χ4v) is 9.64. The molecule has 1 saturated heterocycles. The van der Waals surface area contributed by atoms with Crippen molar-refractivity contribution >= 4 is 23.5 Å². The summed E-state index contributed by atoms with van der Waals surface area (Å²) in [6, 6.07) is 0. The molecule has 5 rings (SSSR count). The number of hydrogen-bond donors (Lipinski definition) is 0. The summed E-state index contributed by atoms with van der Waals surface area (Å²) in [5.74, 6) is -1.27. The number of hydrogen-bond acceptors (Lipinski definition) is 11. The number of cyclic esters (lactones) is 1. The average Bonchev–Trinajstić information content (AvgIpc) is 3.63. The molecule has 15 atom stereocenters. The molecule has 4 aliphatic carbocycles. The van der Waals surface area contributed by atoms with E-state index in [-0.39, 0.29) is 96.4 Å². The number of Topliss-reactive ketones (excluding diaryl/α,β-unsaturated/α-hetero) is 2. The van der Waals surface area contributed by atoms with Crippen LogP contribution in [0.5, 0.6) is 0 Å². The van der Waals surface area contributed by atoms with Crippen LogP contribution in [-0.2, 0) is 52.3 Å². The van der Waals surface area contributed by atoms with Crippen molar-refractivity contribution in [2.24, 2.45) is 47.3 Å². The van der Waals surface area contributed by atoms with E-state index in [0.29, 0.717) is 50.5 Å². The van der Waals surface area contributed by atoms with Crippen molar-refractivity contribution in [3.05, 3.63) is 11.6 Å². The normalized spacial score (nSPS) is 38.6. The molecule has 0 aromatic heterocycles. The quantitative estimate of drug-likeness (QED) is 0.205. The van der Waals surface area contributed by atoms with Gasteiger partial charge < -0.3 is 33.2 Å². The van der Waals surface area contributed by atoms with Gasteiger partial charge in [0.1, 0.15) is 24.1 Å². The van der Waals surface area contributed by atoms with E-state index >= 15 is 0 Å². The minimum absolute atomic E-state index is 0.0141. The fraction of sp³-hybridized carbons (Fsp3) is 0.842. The van der Waals surface area contributed by atoms with Crippen LogP contribution in [0.1, 0.15) is 86.0 Å². The van der Waals surface area contributed by atoms with Gasteiger partial charge in [-0.05, 0) is 87.5 Å². The standard InChI is InChI=1S/C38H58O11/c1-9-23-11-10-12-32(47-22(5)39)19(2)37(42)29-15-27-25-13-24(49-38(33(45-8)18-43-6)46-21(4)20(3)44-7)14-26(25)36-30(16-31(36)40)35(27)28(29)17-34(41)48-23/h15,19-21,23-28,30,32-33,35-36,38H,9-14,16-18H2,1-8H3/t19-,20-,21?,23+,24+,25-,26?,27+,28-,30-,32+,33+,35-,36+,38?/m1/s1. The number of ether oxygens (including phenoxy) is 7.